The van der Waals surface area contributed by atoms with E-state index in [1.54, 1.807) is 14.2 Å². The summed E-state index contributed by atoms with van der Waals surface area (Å²) in [5.41, 5.74) is 6.73. The van der Waals surface area contributed by atoms with Crippen molar-refractivity contribution in [2.24, 2.45) is 34.5 Å². The number of aliphatic hydroxyl groups is 1. The Balaban J connectivity index is 0.000000152. The first-order valence-corrected chi connectivity index (χ1v) is 19.6. The fraction of sp³-hybridized carbons (Fsp3) is 0.578. The lowest BCUT2D eigenvalue weighted by atomic mass is 9.55. The first kappa shape index (κ1) is 34.6. The van der Waals surface area contributed by atoms with Crippen LogP contribution < -0.4 is 14.2 Å². The number of aryl methyl sites for hydroxylation is 2. The Morgan fingerprint density at radius 2 is 1.35 bits per heavy atom. The molecule has 0 heterocycles. The number of hydrogen-bond acceptors (Lipinski definition) is 6. The second-order valence-corrected chi connectivity index (χ2v) is 17.1. The molecular formula is C45H56O6. The Morgan fingerprint density at radius 3 is 2.06 bits per heavy atom. The zero-order chi connectivity index (χ0) is 35.5. The minimum Gasteiger partial charge on any atom is -0.504 e. The van der Waals surface area contributed by atoms with E-state index in [4.69, 9.17) is 14.2 Å². The van der Waals surface area contributed by atoms with Crippen LogP contribution in [0, 0.1) is 34.5 Å². The molecule has 0 amide bonds. The number of ketones is 1. The summed E-state index contributed by atoms with van der Waals surface area (Å²) in [6.07, 6.45) is 12.8. The molecule has 3 aromatic rings. The van der Waals surface area contributed by atoms with E-state index in [1.165, 1.54) is 41.5 Å². The largest absolute Gasteiger partial charge is 0.504 e. The van der Waals surface area contributed by atoms with Crippen LogP contribution in [0.4, 0.5) is 0 Å². The average Bonchev–Trinajstić information content (AvgIpc) is 3.63. The zero-order valence-corrected chi connectivity index (χ0v) is 31.0. The lowest BCUT2D eigenvalue weighted by Gasteiger charge is -2.50. The van der Waals surface area contributed by atoms with Gasteiger partial charge in [-0.05, 0) is 164 Å². The number of rotatable bonds is 5. The van der Waals surface area contributed by atoms with Crippen LogP contribution in [0.5, 0.6) is 23.0 Å². The molecule has 272 valence electrons. The molecular weight excluding hydrogens is 636 g/mol. The van der Waals surface area contributed by atoms with Crippen LogP contribution in [-0.2, 0) is 24.2 Å². The summed E-state index contributed by atoms with van der Waals surface area (Å²) in [6, 6.07) is 18.7. The molecule has 6 aliphatic carbocycles. The van der Waals surface area contributed by atoms with Gasteiger partial charge in [-0.3, -0.25) is 4.79 Å². The number of phenolic OH excluding ortho intramolecular Hbond substituents is 1. The minimum atomic E-state index is -0.116. The maximum atomic E-state index is 12.5. The number of fused-ring (bicyclic) bond motifs is 10. The van der Waals surface area contributed by atoms with Gasteiger partial charge in [0.25, 0.3) is 0 Å². The molecule has 4 saturated carbocycles. The Morgan fingerprint density at radius 1 is 0.706 bits per heavy atom. The van der Waals surface area contributed by atoms with Crippen LogP contribution in [0.15, 0.2) is 54.6 Å². The summed E-state index contributed by atoms with van der Waals surface area (Å²) in [4.78, 5) is 12.5. The second kappa shape index (κ2) is 13.5. The van der Waals surface area contributed by atoms with E-state index < -0.39 is 0 Å². The van der Waals surface area contributed by atoms with Gasteiger partial charge in [0.2, 0.25) is 0 Å². The summed E-state index contributed by atoms with van der Waals surface area (Å²) < 4.78 is 17.2. The molecule has 9 atom stereocenters. The molecule has 0 bridgehead atoms. The zero-order valence-electron chi connectivity index (χ0n) is 31.0. The van der Waals surface area contributed by atoms with E-state index in [0.717, 1.165) is 74.8 Å². The van der Waals surface area contributed by atoms with Gasteiger partial charge in [-0.25, -0.2) is 0 Å². The number of Topliss-reactive ketones (excluding diaryl/α,β-unsaturated/α-hetero) is 1. The molecule has 6 unspecified atom stereocenters. The number of methoxy groups -OCH3 is 2. The highest BCUT2D eigenvalue weighted by molar-refractivity contribution is 5.87. The SMILES string of the molecule is COc1cc2c(cc1O)CCC1C2CC[C@@]2(C)C1CC[C@@H]2O.COc1cc2c(cc1OCc1ccccc1)CCC1C2CC[C@]2(C)C(=O)CCC12. The van der Waals surface area contributed by atoms with Crippen molar-refractivity contribution in [3.05, 3.63) is 82.4 Å². The van der Waals surface area contributed by atoms with Crippen molar-refractivity contribution in [3.8, 4) is 23.0 Å². The van der Waals surface area contributed by atoms with Gasteiger partial charge < -0.3 is 24.4 Å². The van der Waals surface area contributed by atoms with Gasteiger partial charge in [0.15, 0.2) is 23.0 Å². The number of hydrogen-bond donors (Lipinski definition) is 2. The van der Waals surface area contributed by atoms with E-state index in [2.05, 4.69) is 44.2 Å². The topological polar surface area (TPSA) is 85.2 Å². The lowest BCUT2D eigenvalue weighted by Crippen LogP contribution is -2.43. The molecule has 0 aliphatic heterocycles. The highest BCUT2D eigenvalue weighted by Crippen LogP contribution is 2.62. The predicted molar refractivity (Wildman–Crippen MR) is 199 cm³/mol. The molecule has 0 radical (unpaired) electrons. The minimum absolute atomic E-state index is 0.0680. The predicted octanol–water partition coefficient (Wildman–Crippen LogP) is 9.32. The summed E-state index contributed by atoms with van der Waals surface area (Å²) in [7, 11) is 3.35. The Kier molecular flexibility index (Phi) is 9.13. The number of carbonyl (C=O) groups is 1. The van der Waals surface area contributed by atoms with E-state index in [0.29, 0.717) is 53.6 Å². The van der Waals surface area contributed by atoms with Crippen LogP contribution in [0.25, 0.3) is 0 Å². The average molecular weight is 693 g/mol. The molecule has 6 heteroatoms. The highest BCUT2D eigenvalue weighted by Gasteiger charge is 2.56. The maximum absolute atomic E-state index is 12.5. The van der Waals surface area contributed by atoms with Crippen molar-refractivity contribution in [3.63, 3.8) is 0 Å². The molecule has 4 fully saturated rings. The van der Waals surface area contributed by atoms with Gasteiger partial charge in [0.1, 0.15) is 12.4 Å². The van der Waals surface area contributed by atoms with Crippen LogP contribution in [0.1, 0.15) is 118 Å². The molecule has 0 spiro atoms. The molecule has 9 rings (SSSR count). The third-order valence-corrected chi connectivity index (χ3v) is 14.9. The van der Waals surface area contributed by atoms with Gasteiger partial charge >= 0.3 is 0 Å². The van der Waals surface area contributed by atoms with Gasteiger partial charge in [0, 0.05) is 11.8 Å². The quantitative estimate of drug-likeness (QED) is 0.277. The Hall–Kier alpha value is -3.51. The third kappa shape index (κ3) is 5.84. The summed E-state index contributed by atoms with van der Waals surface area (Å²) >= 11 is 0. The first-order chi connectivity index (χ1) is 24.6. The Labute approximate surface area is 303 Å². The van der Waals surface area contributed by atoms with Gasteiger partial charge in [-0.1, -0.05) is 44.2 Å². The molecule has 0 aromatic heterocycles. The molecule has 3 aromatic carbocycles. The molecule has 6 nitrogen and oxygen atoms in total. The van der Waals surface area contributed by atoms with Crippen molar-refractivity contribution < 1.29 is 29.2 Å². The van der Waals surface area contributed by atoms with Crippen molar-refractivity contribution >= 4 is 5.78 Å². The fourth-order valence-electron chi connectivity index (χ4n) is 12.1. The van der Waals surface area contributed by atoms with Crippen LogP contribution >= 0.6 is 0 Å². The van der Waals surface area contributed by atoms with Crippen molar-refractivity contribution in [1.82, 2.24) is 0 Å². The van der Waals surface area contributed by atoms with Gasteiger partial charge in [0.05, 0.1) is 20.3 Å². The number of aromatic hydroxyl groups is 1. The van der Waals surface area contributed by atoms with Crippen molar-refractivity contribution in [2.75, 3.05) is 14.2 Å². The van der Waals surface area contributed by atoms with Crippen molar-refractivity contribution in [1.29, 1.82) is 0 Å². The Bertz CT molecular complexity index is 1770. The standard InChI is InChI=1S/C26H30O3.C19H26O3/c1-26-13-12-19-20(22(26)10-11-25(26)27)9-8-18-14-24(23(28-2)15-21(18)19)29-16-17-6-4-3-5-7-17;1-19-8-7-12-13(15(19)5-6-18(19)21)4-3-11-9-16(20)17(22-2)10-14(11)12/h3-7,14-15,19-20,22H,8-13,16H2,1-2H3;9-10,12-13,15,18,20-21H,3-8H2,1-2H3/t19?,20?,22?,26-;12?,13?,15?,18-,19-/m00/s1. The monoisotopic (exact) mass is 692 g/mol. The normalized spacial score (nSPS) is 34.4. The van der Waals surface area contributed by atoms with Crippen LogP contribution in [-0.4, -0.2) is 36.3 Å². The summed E-state index contributed by atoms with van der Waals surface area (Å²) in [6.45, 7) is 5.09. The second-order valence-electron chi connectivity index (χ2n) is 17.1. The lowest BCUT2D eigenvalue weighted by molar-refractivity contribution is -0.129. The molecule has 2 N–H and O–H groups in total. The number of aliphatic hydroxyl groups excluding tert-OH is 1. The van der Waals surface area contributed by atoms with E-state index in [1.807, 2.05) is 24.3 Å². The van der Waals surface area contributed by atoms with Crippen LogP contribution in [0.2, 0.25) is 0 Å². The summed E-state index contributed by atoms with van der Waals surface area (Å²) in [5.74, 6) is 6.68. The molecule has 51 heavy (non-hydrogen) atoms. The maximum Gasteiger partial charge on any atom is 0.161 e. The van der Waals surface area contributed by atoms with Crippen LogP contribution in [0.3, 0.4) is 0 Å². The van der Waals surface area contributed by atoms with Gasteiger partial charge in [-0.2, -0.15) is 0 Å². The first-order valence-electron chi connectivity index (χ1n) is 19.6. The van der Waals surface area contributed by atoms with Crippen molar-refractivity contribution in [2.45, 2.75) is 115 Å². The third-order valence-electron chi connectivity index (χ3n) is 14.9. The number of carbonyl (C=O) groups excluding carboxylic acids is 1. The number of ether oxygens (including phenoxy) is 3. The number of benzene rings is 3. The van der Waals surface area contributed by atoms with E-state index in [-0.39, 0.29) is 22.7 Å². The van der Waals surface area contributed by atoms with Gasteiger partial charge in [-0.15, -0.1) is 0 Å². The van der Waals surface area contributed by atoms with E-state index >= 15 is 0 Å². The smallest absolute Gasteiger partial charge is 0.161 e. The summed E-state index contributed by atoms with van der Waals surface area (Å²) in [5, 5.41) is 20.5. The fourth-order valence-corrected chi connectivity index (χ4v) is 12.1. The molecule has 6 aliphatic rings. The highest BCUT2D eigenvalue weighted by atomic mass is 16.5. The van der Waals surface area contributed by atoms with E-state index in [9.17, 15) is 15.0 Å². The molecule has 0 saturated heterocycles. The number of phenols is 1.